The SMILES string of the molecule is N#Cc1ccc(C(=O)Cc2cccc3cccc(O)c23)cc1. The lowest BCUT2D eigenvalue weighted by molar-refractivity contribution is 0.0993. The fourth-order valence-corrected chi connectivity index (χ4v) is 2.55. The molecule has 3 heteroatoms. The van der Waals surface area contributed by atoms with E-state index < -0.39 is 0 Å². The second-order valence-corrected chi connectivity index (χ2v) is 5.08. The van der Waals surface area contributed by atoms with Crippen LogP contribution in [0.3, 0.4) is 0 Å². The van der Waals surface area contributed by atoms with E-state index in [4.69, 9.17) is 5.26 Å². The second-order valence-electron chi connectivity index (χ2n) is 5.08. The molecule has 3 aromatic rings. The Bertz CT molecular complexity index is 884. The molecule has 3 aromatic carbocycles. The van der Waals surface area contributed by atoms with E-state index in [1.807, 2.05) is 30.3 Å². The topological polar surface area (TPSA) is 61.1 Å². The monoisotopic (exact) mass is 287 g/mol. The summed E-state index contributed by atoms with van der Waals surface area (Å²) in [6.07, 6.45) is 0.209. The number of phenols is 1. The normalized spacial score (nSPS) is 10.3. The minimum absolute atomic E-state index is 0.0414. The van der Waals surface area contributed by atoms with Gasteiger partial charge in [-0.25, -0.2) is 0 Å². The quantitative estimate of drug-likeness (QED) is 0.744. The summed E-state index contributed by atoms with van der Waals surface area (Å²) in [6, 6.07) is 19.6. The molecule has 0 fully saturated rings. The van der Waals surface area contributed by atoms with Crippen LogP contribution in [0.5, 0.6) is 5.75 Å². The minimum atomic E-state index is -0.0414. The second kappa shape index (κ2) is 5.71. The molecule has 0 spiro atoms. The van der Waals surface area contributed by atoms with Crippen molar-refractivity contribution in [2.24, 2.45) is 0 Å². The molecule has 3 nitrogen and oxygen atoms in total. The number of carbonyl (C=O) groups is 1. The molecule has 0 amide bonds. The van der Waals surface area contributed by atoms with Crippen LogP contribution in [0.15, 0.2) is 60.7 Å². The predicted molar refractivity (Wildman–Crippen MR) is 84.8 cm³/mol. The maximum absolute atomic E-state index is 12.4. The third kappa shape index (κ3) is 2.55. The Morgan fingerprint density at radius 1 is 1.00 bits per heavy atom. The van der Waals surface area contributed by atoms with Gasteiger partial charge in [0.05, 0.1) is 11.6 Å². The van der Waals surface area contributed by atoms with Gasteiger partial charge in [0.1, 0.15) is 5.75 Å². The van der Waals surface area contributed by atoms with Crippen molar-refractivity contribution in [1.82, 2.24) is 0 Å². The first-order valence-corrected chi connectivity index (χ1v) is 6.92. The average molecular weight is 287 g/mol. The van der Waals surface area contributed by atoms with Crippen LogP contribution >= 0.6 is 0 Å². The summed E-state index contributed by atoms with van der Waals surface area (Å²) in [6.45, 7) is 0. The van der Waals surface area contributed by atoms with Gasteiger partial charge in [0, 0.05) is 17.4 Å². The van der Waals surface area contributed by atoms with Gasteiger partial charge in [0.2, 0.25) is 0 Å². The molecule has 22 heavy (non-hydrogen) atoms. The van der Waals surface area contributed by atoms with Crippen molar-refractivity contribution in [3.05, 3.63) is 77.4 Å². The maximum atomic E-state index is 12.4. The predicted octanol–water partition coefficient (Wildman–Crippen LogP) is 3.84. The zero-order valence-corrected chi connectivity index (χ0v) is 11.8. The first kappa shape index (κ1) is 13.8. The van der Waals surface area contributed by atoms with Crippen molar-refractivity contribution in [2.45, 2.75) is 6.42 Å². The first-order valence-electron chi connectivity index (χ1n) is 6.92. The molecule has 0 heterocycles. The Morgan fingerprint density at radius 3 is 2.36 bits per heavy atom. The number of benzene rings is 3. The summed E-state index contributed by atoms with van der Waals surface area (Å²) < 4.78 is 0. The summed E-state index contributed by atoms with van der Waals surface area (Å²) in [7, 11) is 0. The number of carbonyl (C=O) groups excluding carboxylic acids is 1. The van der Waals surface area contributed by atoms with Gasteiger partial charge in [0.25, 0.3) is 0 Å². The van der Waals surface area contributed by atoms with Gasteiger partial charge in [-0.05, 0) is 29.1 Å². The van der Waals surface area contributed by atoms with Crippen LogP contribution in [-0.2, 0) is 6.42 Å². The van der Waals surface area contributed by atoms with E-state index in [1.165, 1.54) is 0 Å². The maximum Gasteiger partial charge on any atom is 0.167 e. The van der Waals surface area contributed by atoms with Gasteiger partial charge >= 0.3 is 0 Å². The van der Waals surface area contributed by atoms with E-state index in [2.05, 4.69) is 0 Å². The molecule has 1 N–H and O–H groups in total. The Balaban J connectivity index is 1.96. The van der Waals surface area contributed by atoms with Crippen LogP contribution in [0.25, 0.3) is 10.8 Å². The number of rotatable bonds is 3. The van der Waals surface area contributed by atoms with E-state index in [0.29, 0.717) is 16.5 Å². The zero-order chi connectivity index (χ0) is 15.5. The molecule has 106 valence electrons. The molecule has 0 saturated carbocycles. The molecule has 0 radical (unpaired) electrons. The minimum Gasteiger partial charge on any atom is -0.507 e. The highest BCUT2D eigenvalue weighted by molar-refractivity contribution is 6.01. The Hall–Kier alpha value is -3.12. The number of nitriles is 1. The molecule has 0 saturated heterocycles. The number of Topliss-reactive ketones (excluding diaryl/α,β-unsaturated/α-hetero) is 1. The fraction of sp³-hybridized carbons (Fsp3) is 0.0526. The highest BCUT2D eigenvalue weighted by atomic mass is 16.3. The van der Waals surface area contributed by atoms with Crippen molar-refractivity contribution in [2.75, 3.05) is 0 Å². The molecule has 3 rings (SSSR count). The zero-order valence-electron chi connectivity index (χ0n) is 11.8. The number of fused-ring (bicyclic) bond motifs is 1. The number of phenolic OH excluding ortho intramolecular Hbond substituents is 1. The molecule has 0 bridgehead atoms. The van der Waals surface area contributed by atoms with Gasteiger partial charge in [-0.1, -0.05) is 42.5 Å². The molecule has 0 aromatic heterocycles. The van der Waals surface area contributed by atoms with Crippen LogP contribution < -0.4 is 0 Å². The molecule has 0 aliphatic carbocycles. The third-order valence-corrected chi connectivity index (χ3v) is 3.66. The van der Waals surface area contributed by atoms with E-state index in [9.17, 15) is 9.90 Å². The molecular weight excluding hydrogens is 274 g/mol. The van der Waals surface area contributed by atoms with Gasteiger partial charge in [-0.15, -0.1) is 0 Å². The Morgan fingerprint density at radius 2 is 1.68 bits per heavy atom. The van der Waals surface area contributed by atoms with Gasteiger partial charge in [0.15, 0.2) is 5.78 Å². The van der Waals surface area contributed by atoms with Crippen molar-refractivity contribution >= 4 is 16.6 Å². The van der Waals surface area contributed by atoms with Crippen LogP contribution in [0.1, 0.15) is 21.5 Å². The van der Waals surface area contributed by atoms with Crippen molar-refractivity contribution in [3.63, 3.8) is 0 Å². The fourth-order valence-electron chi connectivity index (χ4n) is 2.55. The highest BCUT2D eigenvalue weighted by Crippen LogP contribution is 2.28. The number of hydrogen-bond donors (Lipinski definition) is 1. The van der Waals surface area contributed by atoms with Crippen molar-refractivity contribution < 1.29 is 9.90 Å². The Kier molecular flexibility index (Phi) is 3.59. The molecule has 0 aliphatic heterocycles. The molecule has 0 atom stereocenters. The highest BCUT2D eigenvalue weighted by Gasteiger charge is 2.11. The summed E-state index contributed by atoms with van der Waals surface area (Å²) in [4.78, 5) is 12.4. The average Bonchev–Trinajstić information content (AvgIpc) is 2.55. The van der Waals surface area contributed by atoms with Crippen molar-refractivity contribution in [3.8, 4) is 11.8 Å². The van der Waals surface area contributed by atoms with Gasteiger partial charge < -0.3 is 5.11 Å². The van der Waals surface area contributed by atoms with Crippen LogP contribution in [0.2, 0.25) is 0 Å². The van der Waals surface area contributed by atoms with E-state index in [0.717, 1.165) is 10.9 Å². The number of hydrogen-bond acceptors (Lipinski definition) is 3. The number of nitrogens with zero attached hydrogens (tertiary/aromatic N) is 1. The number of aromatic hydroxyl groups is 1. The standard InChI is InChI=1S/C19H13NO2/c20-12-13-7-9-14(10-8-13)18(22)11-16-5-1-3-15-4-2-6-17(21)19(15)16/h1-10,21H,11H2. The van der Waals surface area contributed by atoms with E-state index >= 15 is 0 Å². The largest absolute Gasteiger partial charge is 0.507 e. The van der Waals surface area contributed by atoms with E-state index in [1.54, 1.807) is 36.4 Å². The molecule has 0 aliphatic rings. The lowest BCUT2D eigenvalue weighted by Gasteiger charge is -2.08. The lowest BCUT2D eigenvalue weighted by Crippen LogP contribution is -2.04. The van der Waals surface area contributed by atoms with Gasteiger partial charge in [-0.2, -0.15) is 5.26 Å². The van der Waals surface area contributed by atoms with Crippen LogP contribution in [-0.4, -0.2) is 10.9 Å². The van der Waals surface area contributed by atoms with Crippen LogP contribution in [0, 0.1) is 11.3 Å². The summed E-state index contributed by atoms with van der Waals surface area (Å²) in [5, 5.41) is 20.5. The lowest BCUT2D eigenvalue weighted by atomic mass is 9.97. The Labute approximate surface area is 128 Å². The summed E-state index contributed by atoms with van der Waals surface area (Å²) in [5.74, 6) is 0.140. The summed E-state index contributed by atoms with van der Waals surface area (Å²) >= 11 is 0. The van der Waals surface area contributed by atoms with Crippen LogP contribution in [0.4, 0.5) is 0 Å². The summed E-state index contributed by atoms with van der Waals surface area (Å²) in [5.41, 5.74) is 1.88. The third-order valence-electron chi connectivity index (χ3n) is 3.66. The van der Waals surface area contributed by atoms with Gasteiger partial charge in [-0.3, -0.25) is 4.79 Å². The van der Waals surface area contributed by atoms with Crippen molar-refractivity contribution in [1.29, 1.82) is 5.26 Å². The van der Waals surface area contributed by atoms with E-state index in [-0.39, 0.29) is 18.0 Å². The first-order chi connectivity index (χ1) is 10.7. The molecular formula is C19H13NO2. The smallest absolute Gasteiger partial charge is 0.167 e. The molecule has 0 unspecified atom stereocenters. The number of ketones is 1.